The van der Waals surface area contributed by atoms with Crippen LogP contribution in [0.25, 0.3) is 0 Å². The van der Waals surface area contributed by atoms with Crippen molar-refractivity contribution in [3.63, 3.8) is 0 Å². The predicted octanol–water partition coefficient (Wildman–Crippen LogP) is 4.98. The van der Waals surface area contributed by atoms with Gasteiger partial charge in [-0.1, -0.05) is 0 Å². The van der Waals surface area contributed by atoms with Crippen LogP contribution in [-0.2, 0) is 4.74 Å². The molecule has 2 fully saturated rings. The first-order chi connectivity index (χ1) is 13.2. The maximum Gasteiger partial charge on any atom is 0.410 e. The number of methoxy groups -OCH3 is 1. The van der Waals surface area contributed by atoms with E-state index in [1.165, 1.54) is 12.1 Å². The number of hydrogen-bond donors (Lipinski definition) is 0. The molecule has 0 N–H and O–H groups in total. The lowest BCUT2D eigenvalue weighted by Gasteiger charge is -2.41. The summed E-state index contributed by atoms with van der Waals surface area (Å²) in [6, 6.07) is 5.90. The third kappa shape index (κ3) is 4.89. The molecule has 6 heteroatoms. The van der Waals surface area contributed by atoms with Crippen LogP contribution in [0, 0.1) is 5.82 Å². The van der Waals surface area contributed by atoms with Crippen molar-refractivity contribution in [3.05, 3.63) is 24.0 Å². The van der Waals surface area contributed by atoms with Crippen molar-refractivity contribution in [2.45, 2.75) is 83.0 Å². The molecule has 1 aromatic rings. The van der Waals surface area contributed by atoms with Crippen LogP contribution in [0.5, 0.6) is 5.75 Å². The lowest BCUT2D eigenvalue weighted by atomic mass is 9.89. The summed E-state index contributed by atoms with van der Waals surface area (Å²) in [5, 5.41) is 0. The van der Waals surface area contributed by atoms with E-state index in [1.54, 1.807) is 12.0 Å². The van der Waals surface area contributed by atoms with Gasteiger partial charge in [-0.05, 0) is 71.4 Å². The number of carbonyl (C=O) groups is 1. The maximum absolute atomic E-state index is 13.6. The molecular weight excluding hydrogens is 359 g/mol. The van der Waals surface area contributed by atoms with Gasteiger partial charge in [-0.15, -0.1) is 0 Å². The van der Waals surface area contributed by atoms with Crippen LogP contribution in [0.1, 0.15) is 59.3 Å². The lowest BCUT2D eigenvalue weighted by molar-refractivity contribution is 0.0182. The lowest BCUT2D eigenvalue weighted by Crippen LogP contribution is -2.46. The maximum atomic E-state index is 13.6. The smallest absolute Gasteiger partial charge is 0.410 e. The van der Waals surface area contributed by atoms with Gasteiger partial charge in [-0.3, -0.25) is 0 Å². The zero-order chi connectivity index (χ0) is 20.5. The molecule has 0 aliphatic heterocycles. The van der Waals surface area contributed by atoms with Crippen LogP contribution in [0.2, 0.25) is 0 Å². The predicted molar refractivity (Wildman–Crippen MR) is 108 cm³/mol. The summed E-state index contributed by atoms with van der Waals surface area (Å²) in [6.07, 6.45) is 5.94. The number of nitrogens with zero attached hydrogens (tertiary/aromatic N) is 2. The highest BCUT2D eigenvalue weighted by molar-refractivity contribution is 5.68. The van der Waals surface area contributed by atoms with Crippen molar-refractivity contribution in [3.8, 4) is 5.75 Å². The van der Waals surface area contributed by atoms with E-state index in [-0.39, 0.29) is 18.0 Å². The number of halogens is 1. The zero-order valence-electron chi connectivity index (χ0n) is 17.7. The Balaban J connectivity index is 1.66. The van der Waals surface area contributed by atoms with E-state index in [9.17, 15) is 9.18 Å². The van der Waals surface area contributed by atoms with Gasteiger partial charge >= 0.3 is 6.09 Å². The molecule has 0 bridgehead atoms. The molecule has 2 aliphatic rings. The fraction of sp³-hybridized carbons (Fsp3) is 0.682. The highest BCUT2D eigenvalue weighted by atomic mass is 19.1. The molecule has 0 radical (unpaired) electrons. The van der Waals surface area contributed by atoms with Crippen LogP contribution in [0.4, 0.5) is 14.9 Å². The molecule has 156 valence electrons. The molecule has 2 saturated carbocycles. The van der Waals surface area contributed by atoms with Gasteiger partial charge in [-0.2, -0.15) is 0 Å². The molecule has 3 rings (SSSR count). The van der Waals surface area contributed by atoms with Crippen molar-refractivity contribution >= 4 is 11.8 Å². The van der Waals surface area contributed by atoms with E-state index in [0.29, 0.717) is 17.8 Å². The van der Waals surface area contributed by atoms with Gasteiger partial charge in [0.15, 0.2) is 0 Å². The third-order valence-corrected chi connectivity index (χ3v) is 5.65. The van der Waals surface area contributed by atoms with Gasteiger partial charge in [0.2, 0.25) is 0 Å². The Morgan fingerprint density at radius 2 is 1.57 bits per heavy atom. The van der Waals surface area contributed by atoms with Crippen LogP contribution in [0.3, 0.4) is 0 Å². The molecular formula is C22H33FN2O3. The van der Waals surface area contributed by atoms with Crippen LogP contribution < -0.4 is 9.64 Å². The average molecular weight is 393 g/mol. The van der Waals surface area contributed by atoms with E-state index in [4.69, 9.17) is 9.47 Å². The van der Waals surface area contributed by atoms with Crippen molar-refractivity contribution in [2.75, 3.05) is 19.1 Å². The monoisotopic (exact) mass is 392 g/mol. The Labute approximate surface area is 167 Å². The Morgan fingerprint density at radius 1 is 1.04 bits per heavy atom. The Kier molecular flexibility index (Phi) is 6.06. The number of carbonyl (C=O) groups excluding carboxylic acids is 1. The number of hydrogen-bond acceptors (Lipinski definition) is 4. The third-order valence-electron chi connectivity index (χ3n) is 5.65. The standard InChI is InChI=1S/C22H33FN2O3/c1-22(2,3)28-21(26)24(4)16-7-9-17(10-8-16)25(18-11-12-18)19-13-6-15(23)14-20(19)27-5/h6,13-14,16-18H,7-12H2,1-5H3. The van der Waals surface area contributed by atoms with Crippen molar-refractivity contribution in [2.24, 2.45) is 0 Å². The summed E-state index contributed by atoms with van der Waals surface area (Å²) in [5.74, 6) is 0.318. The second-order valence-electron chi connectivity index (χ2n) is 9.01. The quantitative estimate of drug-likeness (QED) is 0.709. The van der Waals surface area contributed by atoms with Crippen LogP contribution in [-0.4, -0.2) is 48.9 Å². The van der Waals surface area contributed by atoms with Gasteiger partial charge in [-0.25, -0.2) is 9.18 Å². The highest BCUT2D eigenvalue weighted by Gasteiger charge is 2.38. The Bertz CT molecular complexity index is 692. The van der Waals surface area contributed by atoms with Gasteiger partial charge < -0.3 is 19.3 Å². The summed E-state index contributed by atoms with van der Waals surface area (Å²) >= 11 is 0. The fourth-order valence-electron chi connectivity index (χ4n) is 4.12. The summed E-state index contributed by atoms with van der Waals surface area (Å²) in [7, 11) is 3.43. The van der Waals surface area contributed by atoms with Gasteiger partial charge in [0, 0.05) is 31.2 Å². The molecule has 28 heavy (non-hydrogen) atoms. The first-order valence-corrected chi connectivity index (χ1v) is 10.3. The number of rotatable bonds is 5. The number of benzene rings is 1. The van der Waals surface area contributed by atoms with E-state index >= 15 is 0 Å². The fourth-order valence-corrected chi connectivity index (χ4v) is 4.12. The summed E-state index contributed by atoms with van der Waals surface area (Å²) in [4.78, 5) is 16.6. The molecule has 0 spiro atoms. The van der Waals surface area contributed by atoms with Gasteiger partial charge in [0.05, 0.1) is 12.8 Å². The molecule has 2 aliphatic carbocycles. The minimum atomic E-state index is -0.482. The van der Waals surface area contributed by atoms with Crippen molar-refractivity contribution in [1.29, 1.82) is 0 Å². The Hall–Kier alpha value is -1.98. The number of amides is 1. The van der Waals surface area contributed by atoms with Crippen molar-refractivity contribution in [1.82, 2.24) is 4.90 Å². The minimum Gasteiger partial charge on any atom is -0.494 e. The summed E-state index contributed by atoms with van der Waals surface area (Å²) < 4.78 is 24.6. The van der Waals surface area contributed by atoms with E-state index in [0.717, 1.165) is 44.2 Å². The normalized spacial score (nSPS) is 22.5. The first-order valence-electron chi connectivity index (χ1n) is 10.3. The highest BCUT2D eigenvalue weighted by Crippen LogP contribution is 2.42. The van der Waals surface area contributed by atoms with E-state index in [1.807, 2.05) is 33.9 Å². The largest absolute Gasteiger partial charge is 0.494 e. The van der Waals surface area contributed by atoms with Crippen molar-refractivity contribution < 1.29 is 18.7 Å². The minimum absolute atomic E-state index is 0.197. The van der Waals surface area contributed by atoms with Gasteiger partial charge in [0.25, 0.3) is 0 Å². The molecule has 0 unspecified atom stereocenters. The second kappa shape index (κ2) is 8.18. The molecule has 0 saturated heterocycles. The summed E-state index contributed by atoms with van der Waals surface area (Å²) in [6.45, 7) is 5.66. The number of anilines is 1. The second-order valence-corrected chi connectivity index (χ2v) is 9.01. The average Bonchev–Trinajstić information content (AvgIpc) is 3.46. The van der Waals surface area contributed by atoms with Crippen LogP contribution in [0.15, 0.2) is 18.2 Å². The molecule has 0 aromatic heterocycles. The first kappa shape index (κ1) is 20.7. The molecule has 5 nitrogen and oxygen atoms in total. The molecule has 0 heterocycles. The molecule has 1 aromatic carbocycles. The summed E-state index contributed by atoms with van der Waals surface area (Å²) in [5.41, 5.74) is 0.500. The molecule has 1 amide bonds. The van der Waals surface area contributed by atoms with E-state index < -0.39 is 5.60 Å². The topological polar surface area (TPSA) is 42.0 Å². The number of ether oxygens (including phenoxy) is 2. The van der Waals surface area contributed by atoms with E-state index in [2.05, 4.69) is 4.90 Å². The van der Waals surface area contributed by atoms with Crippen LogP contribution >= 0.6 is 0 Å². The SMILES string of the molecule is COc1cc(F)ccc1N(C1CCC(N(C)C(=O)OC(C)(C)C)CC1)C1CC1. The Morgan fingerprint density at radius 3 is 2.07 bits per heavy atom. The molecule has 0 atom stereocenters. The van der Waals surface area contributed by atoms with Gasteiger partial charge in [0.1, 0.15) is 17.2 Å². The zero-order valence-corrected chi connectivity index (χ0v) is 17.7.